The van der Waals surface area contributed by atoms with Gasteiger partial charge in [-0.3, -0.25) is 14.4 Å². The first-order valence-electron chi connectivity index (χ1n) is 9.12. The fraction of sp³-hybridized carbons (Fsp3) is 0.632. The summed E-state index contributed by atoms with van der Waals surface area (Å²) in [5.41, 5.74) is 0.554. The summed E-state index contributed by atoms with van der Waals surface area (Å²) in [6.45, 7) is 11.6. The van der Waals surface area contributed by atoms with E-state index in [1.165, 1.54) is 0 Å². The van der Waals surface area contributed by atoms with Crippen molar-refractivity contribution in [3.8, 4) is 0 Å². The summed E-state index contributed by atoms with van der Waals surface area (Å²) in [4.78, 5) is 41.9. The minimum atomic E-state index is -0.108. The first-order chi connectivity index (χ1) is 12.2. The van der Waals surface area contributed by atoms with E-state index >= 15 is 0 Å². The SMILES string of the molecule is CC(=O)N1CCN(C(=O)CCN(C(=O)c2cc(C)oc2C)C(C)C)CC1. The molecule has 0 bridgehead atoms. The van der Waals surface area contributed by atoms with E-state index in [4.69, 9.17) is 4.42 Å². The summed E-state index contributed by atoms with van der Waals surface area (Å²) in [6, 6.07) is 1.73. The number of carbonyl (C=O) groups is 3. The molecule has 0 unspecified atom stereocenters. The van der Waals surface area contributed by atoms with Crippen LogP contribution >= 0.6 is 0 Å². The Morgan fingerprint density at radius 2 is 1.69 bits per heavy atom. The van der Waals surface area contributed by atoms with E-state index < -0.39 is 0 Å². The van der Waals surface area contributed by atoms with Crippen LogP contribution in [0.15, 0.2) is 10.5 Å². The maximum absolute atomic E-state index is 12.8. The molecular formula is C19H29N3O4. The molecular weight excluding hydrogens is 334 g/mol. The molecule has 0 radical (unpaired) electrons. The molecule has 2 rings (SSSR count). The van der Waals surface area contributed by atoms with E-state index in [2.05, 4.69) is 0 Å². The van der Waals surface area contributed by atoms with E-state index in [9.17, 15) is 14.4 Å². The van der Waals surface area contributed by atoms with Gasteiger partial charge in [-0.15, -0.1) is 0 Å². The number of furan rings is 1. The Hall–Kier alpha value is -2.31. The third-order valence-corrected chi connectivity index (χ3v) is 4.80. The molecule has 144 valence electrons. The number of aryl methyl sites for hydroxylation is 2. The Labute approximate surface area is 154 Å². The van der Waals surface area contributed by atoms with Crippen molar-refractivity contribution in [3.05, 3.63) is 23.2 Å². The molecule has 1 saturated heterocycles. The number of hydrogen-bond donors (Lipinski definition) is 0. The third kappa shape index (κ3) is 4.65. The van der Waals surface area contributed by atoms with Crippen LogP contribution in [0.25, 0.3) is 0 Å². The minimum absolute atomic E-state index is 0.0144. The number of nitrogens with zero attached hydrogens (tertiary/aromatic N) is 3. The normalized spacial score (nSPS) is 14.7. The number of amides is 3. The molecule has 1 aliphatic heterocycles. The first kappa shape index (κ1) is 20.0. The highest BCUT2D eigenvalue weighted by Gasteiger charge is 2.26. The highest BCUT2D eigenvalue weighted by molar-refractivity contribution is 5.95. The summed E-state index contributed by atoms with van der Waals surface area (Å²) in [5, 5.41) is 0. The van der Waals surface area contributed by atoms with E-state index in [1.807, 2.05) is 20.8 Å². The average molecular weight is 363 g/mol. The van der Waals surface area contributed by atoms with Crippen molar-refractivity contribution in [2.75, 3.05) is 32.7 Å². The van der Waals surface area contributed by atoms with Gasteiger partial charge in [-0.1, -0.05) is 0 Å². The fourth-order valence-electron chi connectivity index (χ4n) is 3.24. The topological polar surface area (TPSA) is 74.1 Å². The largest absolute Gasteiger partial charge is 0.466 e. The van der Waals surface area contributed by atoms with Crippen LogP contribution in [0, 0.1) is 13.8 Å². The zero-order valence-electron chi connectivity index (χ0n) is 16.4. The lowest BCUT2D eigenvalue weighted by Crippen LogP contribution is -2.50. The molecule has 1 aliphatic rings. The number of carbonyl (C=O) groups excluding carboxylic acids is 3. The molecule has 0 aromatic carbocycles. The summed E-state index contributed by atoms with van der Waals surface area (Å²) in [5.74, 6) is 1.26. The Kier molecular flexibility index (Phi) is 6.45. The van der Waals surface area contributed by atoms with Crippen molar-refractivity contribution in [1.82, 2.24) is 14.7 Å². The quantitative estimate of drug-likeness (QED) is 0.800. The van der Waals surface area contributed by atoms with Gasteiger partial charge in [-0.25, -0.2) is 0 Å². The molecule has 0 N–H and O–H groups in total. The van der Waals surface area contributed by atoms with Crippen LogP contribution in [0.5, 0.6) is 0 Å². The zero-order chi connectivity index (χ0) is 19.4. The lowest BCUT2D eigenvalue weighted by molar-refractivity contribution is -0.138. The number of rotatable bonds is 5. The highest BCUT2D eigenvalue weighted by Crippen LogP contribution is 2.18. The van der Waals surface area contributed by atoms with Crippen molar-refractivity contribution < 1.29 is 18.8 Å². The monoisotopic (exact) mass is 363 g/mol. The molecule has 0 spiro atoms. The Balaban J connectivity index is 1.94. The maximum Gasteiger partial charge on any atom is 0.257 e. The van der Waals surface area contributed by atoms with E-state index in [1.54, 1.807) is 34.6 Å². The number of hydrogen-bond acceptors (Lipinski definition) is 4. The lowest BCUT2D eigenvalue weighted by Gasteiger charge is -2.35. The van der Waals surface area contributed by atoms with Crippen LogP contribution in [-0.4, -0.2) is 71.2 Å². The molecule has 0 aliphatic carbocycles. The molecule has 26 heavy (non-hydrogen) atoms. The molecule has 1 aromatic rings. The van der Waals surface area contributed by atoms with Gasteiger partial charge in [0.1, 0.15) is 11.5 Å². The van der Waals surface area contributed by atoms with Gasteiger partial charge in [-0.2, -0.15) is 0 Å². The van der Waals surface area contributed by atoms with Crippen LogP contribution < -0.4 is 0 Å². The molecule has 1 fully saturated rings. The standard InChI is InChI=1S/C19H29N3O4/c1-13(2)22(19(25)17-12-14(3)26-15(17)4)7-6-18(24)21-10-8-20(9-11-21)16(5)23/h12-13H,6-11H2,1-5H3. The van der Waals surface area contributed by atoms with Gasteiger partial charge in [0, 0.05) is 52.1 Å². The highest BCUT2D eigenvalue weighted by atomic mass is 16.3. The average Bonchev–Trinajstić information content (AvgIpc) is 2.92. The molecule has 0 atom stereocenters. The first-order valence-corrected chi connectivity index (χ1v) is 9.12. The van der Waals surface area contributed by atoms with Gasteiger partial charge in [0.05, 0.1) is 5.56 Å². The van der Waals surface area contributed by atoms with Crippen molar-refractivity contribution in [1.29, 1.82) is 0 Å². The van der Waals surface area contributed by atoms with Crippen LogP contribution in [0.4, 0.5) is 0 Å². The van der Waals surface area contributed by atoms with Crippen molar-refractivity contribution in [3.63, 3.8) is 0 Å². The molecule has 7 heteroatoms. The molecule has 2 heterocycles. The van der Waals surface area contributed by atoms with Crippen molar-refractivity contribution in [2.45, 2.75) is 47.1 Å². The van der Waals surface area contributed by atoms with Gasteiger partial charge >= 0.3 is 0 Å². The smallest absolute Gasteiger partial charge is 0.257 e. The van der Waals surface area contributed by atoms with Crippen LogP contribution in [-0.2, 0) is 9.59 Å². The van der Waals surface area contributed by atoms with Gasteiger partial charge < -0.3 is 19.1 Å². The number of piperazine rings is 1. The predicted octanol–water partition coefficient (Wildman–Crippen LogP) is 1.83. The zero-order valence-corrected chi connectivity index (χ0v) is 16.4. The minimum Gasteiger partial charge on any atom is -0.466 e. The molecule has 7 nitrogen and oxygen atoms in total. The second kappa shape index (κ2) is 8.38. The second-order valence-electron chi connectivity index (χ2n) is 7.06. The van der Waals surface area contributed by atoms with Gasteiger partial charge in [0.15, 0.2) is 0 Å². The second-order valence-corrected chi connectivity index (χ2v) is 7.06. The van der Waals surface area contributed by atoms with E-state index in [0.29, 0.717) is 49.8 Å². The lowest BCUT2D eigenvalue weighted by atomic mass is 10.1. The van der Waals surface area contributed by atoms with E-state index in [-0.39, 0.29) is 30.2 Å². The Morgan fingerprint density at radius 3 is 2.15 bits per heavy atom. The summed E-state index contributed by atoms with van der Waals surface area (Å²) in [6.07, 6.45) is 0.278. The Bertz CT molecular complexity index is 672. The summed E-state index contributed by atoms with van der Waals surface area (Å²) >= 11 is 0. The van der Waals surface area contributed by atoms with Gasteiger partial charge in [-0.05, 0) is 33.8 Å². The maximum atomic E-state index is 12.8. The van der Waals surface area contributed by atoms with Gasteiger partial charge in [0.25, 0.3) is 5.91 Å². The Morgan fingerprint density at radius 1 is 1.12 bits per heavy atom. The van der Waals surface area contributed by atoms with Crippen LogP contribution in [0.3, 0.4) is 0 Å². The fourth-order valence-corrected chi connectivity index (χ4v) is 3.24. The van der Waals surface area contributed by atoms with Crippen LogP contribution in [0.1, 0.15) is 49.1 Å². The molecule has 1 aromatic heterocycles. The molecule has 3 amide bonds. The summed E-state index contributed by atoms with van der Waals surface area (Å²) < 4.78 is 5.46. The summed E-state index contributed by atoms with van der Waals surface area (Å²) in [7, 11) is 0. The van der Waals surface area contributed by atoms with E-state index in [0.717, 1.165) is 0 Å². The van der Waals surface area contributed by atoms with Crippen LogP contribution in [0.2, 0.25) is 0 Å². The van der Waals surface area contributed by atoms with Gasteiger partial charge in [0.2, 0.25) is 11.8 Å². The van der Waals surface area contributed by atoms with Crippen molar-refractivity contribution >= 4 is 17.7 Å². The van der Waals surface area contributed by atoms with Crippen molar-refractivity contribution in [2.24, 2.45) is 0 Å². The predicted molar refractivity (Wildman–Crippen MR) is 97.8 cm³/mol. The third-order valence-electron chi connectivity index (χ3n) is 4.80. The molecule has 0 saturated carbocycles.